The van der Waals surface area contributed by atoms with Crippen molar-refractivity contribution in [1.82, 2.24) is 4.31 Å². The quantitative estimate of drug-likeness (QED) is 0.711. The minimum Gasteiger partial charge on any atom is -0.469 e. The van der Waals surface area contributed by atoms with Gasteiger partial charge in [0, 0.05) is 30.0 Å². The molecular weight excluding hydrogens is 274 g/mol. The molecule has 1 saturated heterocycles. The lowest BCUT2D eigenvalue weighted by Crippen LogP contribution is -2.44. The molecule has 0 saturated carbocycles. The van der Waals surface area contributed by atoms with Gasteiger partial charge in [-0.25, -0.2) is 8.42 Å². The third-order valence-electron chi connectivity index (χ3n) is 2.79. The molecule has 1 fully saturated rings. The third kappa shape index (κ3) is 4.78. The Morgan fingerprint density at radius 3 is 2.39 bits per heavy atom. The van der Waals surface area contributed by atoms with Gasteiger partial charge in [0.15, 0.2) is 0 Å². The minimum absolute atomic E-state index is 0.0200. The predicted molar refractivity (Wildman–Crippen MR) is 73.1 cm³/mol. The maximum Gasteiger partial charge on any atom is 0.305 e. The fourth-order valence-electron chi connectivity index (χ4n) is 1.99. The molecule has 5 nitrogen and oxygen atoms in total. The van der Waals surface area contributed by atoms with Crippen molar-refractivity contribution in [3.05, 3.63) is 0 Å². The van der Waals surface area contributed by atoms with Crippen molar-refractivity contribution in [3.8, 4) is 0 Å². The molecule has 0 aromatic rings. The van der Waals surface area contributed by atoms with Crippen LogP contribution in [-0.4, -0.2) is 55.1 Å². The predicted octanol–water partition coefficient (Wildman–Crippen LogP) is 1.10. The molecule has 0 aromatic heterocycles. The Morgan fingerprint density at radius 2 is 1.89 bits per heavy atom. The zero-order valence-corrected chi connectivity index (χ0v) is 12.7. The number of sulfonamides is 1. The Balaban J connectivity index is 2.50. The summed E-state index contributed by atoms with van der Waals surface area (Å²) in [6.45, 7) is 5.21. The van der Waals surface area contributed by atoms with Crippen LogP contribution in [0.4, 0.5) is 0 Å². The highest BCUT2D eigenvalue weighted by atomic mass is 32.2. The molecule has 18 heavy (non-hydrogen) atoms. The van der Waals surface area contributed by atoms with Gasteiger partial charge in [-0.15, -0.1) is 0 Å². The van der Waals surface area contributed by atoms with Gasteiger partial charge >= 0.3 is 5.97 Å². The van der Waals surface area contributed by atoms with Crippen LogP contribution in [0.5, 0.6) is 0 Å². The SMILES string of the molecule is COC(=O)CCCS(=O)(=O)N1CC(C)SC(C)C1. The van der Waals surface area contributed by atoms with E-state index in [1.54, 1.807) is 4.31 Å². The summed E-state index contributed by atoms with van der Waals surface area (Å²) in [6, 6.07) is 0. The van der Waals surface area contributed by atoms with Gasteiger partial charge in [-0.05, 0) is 6.42 Å². The molecule has 1 rings (SSSR count). The second-order valence-corrected chi connectivity index (χ2v) is 8.54. The number of methoxy groups -OCH3 is 1. The Kier molecular flexibility index (Phi) is 5.94. The van der Waals surface area contributed by atoms with Crippen molar-refractivity contribution in [2.75, 3.05) is 26.0 Å². The minimum atomic E-state index is -3.24. The first-order valence-electron chi connectivity index (χ1n) is 6.05. The van der Waals surface area contributed by atoms with Crippen molar-refractivity contribution < 1.29 is 17.9 Å². The lowest BCUT2D eigenvalue weighted by molar-refractivity contribution is -0.140. The van der Waals surface area contributed by atoms with E-state index in [0.717, 1.165) is 0 Å². The standard InChI is InChI=1S/C11H21NO4S2/c1-9-7-12(8-10(2)17-9)18(14,15)6-4-5-11(13)16-3/h9-10H,4-8H2,1-3H3. The van der Waals surface area contributed by atoms with Gasteiger partial charge in [-0.3, -0.25) is 4.79 Å². The third-order valence-corrected chi connectivity index (χ3v) is 5.91. The van der Waals surface area contributed by atoms with E-state index >= 15 is 0 Å². The normalized spacial score (nSPS) is 25.9. The van der Waals surface area contributed by atoms with Gasteiger partial charge in [0.2, 0.25) is 10.0 Å². The number of carbonyl (C=O) groups excluding carboxylic acids is 1. The average molecular weight is 295 g/mol. The number of hydrogen-bond donors (Lipinski definition) is 0. The van der Waals surface area contributed by atoms with E-state index in [-0.39, 0.29) is 18.1 Å². The largest absolute Gasteiger partial charge is 0.469 e. The summed E-state index contributed by atoms with van der Waals surface area (Å²) in [7, 11) is -1.93. The van der Waals surface area contributed by atoms with Gasteiger partial charge in [0.25, 0.3) is 0 Å². The second-order valence-electron chi connectivity index (χ2n) is 4.57. The zero-order chi connectivity index (χ0) is 13.8. The molecule has 0 aromatic carbocycles. The number of ether oxygens (including phenoxy) is 1. The summed E-state index contributed by atoms with van der Waals surface area (Å²) in [6.07, 6.45) is 0.477. The highest BCUT2D eigenvalue weighted by molar-refractivity contribution is 8.00. The van der Waals surface area contributed by atoms with E-state index < -0.39 is 10.0 Å². The van der Waals surface area contributed by atoms with Crippen LogP contribution in [0.1, 0.15) is 26.7 Å². The smallest absolute Gasteiger partial charge is 0.305 e. The molecule has 7 heteroatoms. The number of rotatable bonds is 5. The summed E-state index contributed by atoms with van der Waals surface area (Å²) in [5, 5.41) is 0.647. The molecule has 106 valence electrons. The van der Waals surface area contributed by atoms with E-state index in [4.69, 9.17) is 0 Å². The van der Waals surface area contributed by atoms with Gasteiger partial charge in [0.05, 0.1) is 12.9 Å². The van der Waals surface area contributed by atoms with Gasteiger partial charge < -0.3 is 4.74 Å². The van der Waals surface area contributed by atoms with Crippen LogP contribution in [0.25, 0.3) is 0 Å². The van der Waals surface area contributed by atoms with Crippen molar-refractivity contribution in [3.63, 3.8) is 0 Å². The second kappa shape index (κ2) is 6.77. The highest BCUT2D eigenvalue weighted by Crippen LogP contribution is 2.26. The average Bonchev–Trinajstić information content (AvgIpc) is 2.27. The van der Waals surface area contributed by atoms with Crippen molar-refractivity contribution in [2.45, 2.75) is 37.2 Å². The highest BCUT2D eigenvalue weighted by Gasteiger charge is 2.30. The monoisotopic (exact) mass is 295 g/mol. The molecule has 2 atom stereocenters. The Hall–Kier alpha value is -0.270. The van der Waals surface area contributed by atoms with Gasteiger partial charge in [0.1, 0.15) is 0 Å². The molecule has 0 N–H and O–H groups in total. The van der Waals surface area contributed by atoms with Gasteiger partial charge in [-0.2, -0.15) is 16.1 Å². The van der Waals surface area contributed by atoms with E-state index in [0.29, 0.717) is 30.0 Å². The lowest BCUT2D eigenvalue weighted by Gasteiger charge is -2.33. The Labute approximate surface area is 113 Å². The number of nitrogens with zero attached hydrogens (tertiary/aromatic N) is 1. The van der Waals surface area contributed by atoms with Crippen LogP contribution in [0.3, 0.4) is 0 Å². The van der Waals surface area contributed by atoms with E-state index in [1.165, 1.54) is 7.11 Å². The van der Waals surface area contributed by atoms with Crippen molar-refractivity contribution in [2.24, 2.45) is 0 Å². The van der Waals surface area contributed by atoms with E-state index in [1.807, 2.05) is 25.6 Å². The number of thioether (sulfide) groups is 1. The molecule has 1 aliphatic rings. The van der Waals surface area contributed by atoms with Crippen molar-refractivity contribution >= 4 is 27.8 Å². The molecule has 0 spiro atoms. The van der Waals surface area contributed by atoms with Crippen LogP contribution in [0.2, 0.25) is 0 Å². The van der Waals surface area contributed by atoms with Crippen LogP contribution < -0.4 is 0 Å². The van der Waals surface area contributed by atoms with Crippen LogP contribution in [0, 0.1) is 0 Å². The maximum absolute atomic E-state index is 12.1. The van der Waals surface area contributed by atoms with Crippen molar-refractivity contribution in [1.29, 1.82) is 0 Å². The van der Waals surface area contributed by atoms with Crippen LogP contribution in [-0.2, 0) is 19.6 Å². The topological polar surface area (TPSA) is 63.7 Å². The van der Waals surface area contributed by atoms with Crippen LogP contribution >= 0.6 is 11.8 Å². The number of carbonyl (C=O) groups is 1. The molecule has 0 radical (unpaired) electrons. The van der Waals surface area contributed by atoms with E-state index in [9.17, 15) is 13.2 Å². The van der Waals surface area contributed by atoms with E-state index in [2.05, 4.69) is 4.74 Å². The summed E-state index contributed by atoms with van der Waals surface area (Å²) in [4.78, 5) is 10.9. The first-order chi connectivity index (χ1) is 8.35. The molecular formula is C11H21NO4S2. The lowest BCUT2D eigenvalue weighted by atomic mass is 10.3. The Morgan fingerprint density at radius 1 is 1.33 bits per heavy atom. The van der Waals surface area contributed by atoms with Gasteiger partial charge in [-0.1, -0.05) is 13.8 Å². The molecule has 0 bridgehead atoms. The van der Waals surface area contributed by atoms with Crippen LogP contribution in [0.15, 0.2) is 0 Å². The number of esters is 1. The molecule has 0 amide bonds. The fraction of sp³-hybridized carbons (Fsp3) is 0.909. The Bertz CT molecular complexity index is 373. The molecule has 1 heterocycles. The fourth-order valence-corrected chi connectivity index (χ4v) is 5.17. The number of hydrogen-bond acceptors (Lipinski definition) is 5. The first kappa shape index (κ1) is 15.8. The molecule has 2 unspecified atom stereocenters. The summed E-state index contributed by atoms with van der Waals surface area (Å²) in [5.41, 5.74) is 0. The zero-order valence-electron chi connectivity index (χ0n) is 11.1. The first-order valence-corrected chi connectivity index (χ1v) is 8.60. The molecule has 0 aliphatic carbocycles. The summed E-state index contributed by atoms with van der Waals surface area (Å²) in [5.74, 6) is -0.340. The summed E-state index contributed by atoms with van der Waals surface area (Å²) >= 11 is 1.81. The maximum atomic E-state index is 12.1. The summed E-state index contributed by atoms with van der Waals surface area (Å²) < 4.78 is 30.3. The molecule has 1 aliphatic heterocycles.